The Morgan fingerprint density at radius 3 is 2.92 bits per heavy atom. The fourth-order valence-electron chi connectivity index (χ4n) is 0.942. The second-order valence-corrected chi connectivity index (χ2v) is 3.95. The molecule has 0 aromatic heterocycles. The molecule has 1 nitrogen and oxygen atoms in total. The van der Waals surface area contributed by atoms with Crippen molar-refractivity contribution in [2.45, 2.75) is 6.42 Å². The molecule has 0 aliphatic heterocycles. The van der Waals surface area contributed by atoms with Crippen LogP contribution in [0.2, 0.25) is 5.02 Å². The largest absolute Gasteiger partial charge is 0.384 e. The van der Waals surface area contributed by atoms with E-state index in [9.17, 15) is 0 Å². The highest BCUT2D eigenvalue weighted by molar-refractivity contribution is 9.10. The van der Waals surface area contributed by atoms with Gasteiger partial charge in [0.1, 0.15) is 0 Å². The second kappa shape index (κ2) is 5.30. The van der Waals surface area contributed by atoms with Crippen molar-refractivity contribution in [1.29, 1.82) is 0 Å². The minimum atomic E-state index is 0.735. The molecule has 0 aliphatic carbocycles. The summed E-state index contributed by atoms with van der Waals surface area (Å²) in [5.74, 6) is 0. The zero-order valence-corrected chi connectivity index (χ0v) is 9.53. The van der Waals surface area contributed by atoms with Crippen molar-refractivity contribution in [3.05, 3.63) is 40.3 Å². The van der Waals surface area contributed by atoms with Gasteiger partial charge in [0.25, 0.3) is 0 Å². The van der Waals surface area contributed by atoms with Crippen LogP contribution in [0.15, 0.2) is 35.3 Å². The molecule has 0 unspecified atom stereocenters. The lowest BCUT2D eigenvalue weighted by Crippen LogP contribution is -2.00. The van der Waals surface area contributed by atoms with Crippen LogP contribution in [0.1, 0.15) is 6.42 Å². The Morgan fingerprint density at radius 1 is 1.54 bits per heavy atom. The summed E-state index contributed by atoms with van der Waals surface area (Å²) in [5.41, 5.74) is 0.965. The molecule has 0 atom stereocenters. The van der Waals surface area contributed by atoms with Crippen LogP contribution >= 0.6 is 27.5 Å². The molecule has 1 aromatic carbocycles. The van der Waals surface area contributed by atoms with Crippen LogP contribution in [0.25, 0.3) is 0 Å². The van der Waals surface area contributed by atoms with Crippen LogP contribution in [-0.2, 0) is 0 Å². The van der Waals surface area contributed by atoms with E-state index >= 15 is 0 Å². The Balaban J connectivity index is 2.61. The highest BCUT2D eigenvalue weighted by Crippen LogP contribution is 2.25. The molecule has 0 heterocycles. The number of nitrogens with one attached hydrogen (secondary N) is 1. The molecule has 1 aromatic rings. The number of halogens is 2. The molecular weight excluding hydrogens is 249 g/mol. The Hall–Kier alpha value is -0.470. The molecule has 0 spiro atoms. The fourth-order valence-corrected chi connectivity index (χ4v) is 1.68. The van der Waals surface area contributed by atoms with Crippen molar-refractivity contribution >= 4 is 33.2 Å². The maximum atomic E-state index is 5.99. The SMILES string of the molecule is C=CCCNc1ccc(Br)cc1Cl. The van der Waals surface area contributed by atoms with Gasteiger partial charge < -0.3 is 5.32 Å². The van der Waals surface area contributed by atoms with E-state index in [0.717, 1.165) is 28.1 Å². The fraction of sp³-hybridized carbons (Fsp3) is 0.200. The minimum absolute atomic E-state index is 0.735. The van der Waals surface area contributed by atoms with Gasteiger partial charge in [-0.2, -0.15) is 0 Å². The van der Waals surface area contributed by atoms with Crippen molar-refractivity contribution in [1.82, 2.24) is 0 Å². The average Bonchev–Trinajstić information content (AvgIpc) is 2.09. The van der Waals surface area contributed by atoms with Gasteiger partial charge in [-0.3, -0.25) is 0 Å². The molecule has 3 heteroatoms. The van der Waals surface area contributed by atoms with Crippen LogP contribution < -0.4 is 5.32 Å². The number of hydrogen-bond donors (Lipinski definition) is 1. The molecule has 0 radical (unpaired) electrons. The van der Waals surface area contributed by atoms with Crippen molar-refractivity contribution < 1.29 is 0 Å². The standard InChI is InChI=1S/C10H11BrClN/c1-2-3-6-13-10-5-4-8(11)7-9(10)12/h2,4-5,7,13H,1,3,6H2. The summed E-state index contributed by atoms with van der Waals surface area (Å²) in [4.78, 5) is 0. The minimum Gasteiger partial charge on any atom is -0.384 e. The molecule has 1 rings (SSSR count). The Labute approximate surface area is 91.9 Å². The van der Waals surface area contributed by atoms with E-state index in [2.05, 4.69) is 27.8 Å². The summed E-state index contributed by atoms with van der Waals surface area (Å²) >= 11 is 9.34. The summed E-state index contributed by atoms with van der Waals surface area (Å²) in [7, 11) is 0. The summed E-state index contributed by atoms with van der Waals surface area (Å²) < 4.78 is 0.992. The first-order chi connectivity index (χ1) is 6.24. The summed E-state index contributed by atoms with van der Waals surface area (Å²) in [5, 5.41) is 3.95. The summed E-state index contributed by atoms with van der Waals surface area (Å²) in [6.07, 6.45) is 2.81. The third kappa shape index (κ3) is 3.41. The molecular formula is C10H11BrClN. The van der Waals surface area contributed by atoms with E-state index in [0.29, 0.717) is 0 Å². The van der Waals surface area contributed by atoms with E-state index in [1.165, 1.54) is 0 Å². The van der Waals surface area contributed by atoms with Gasteiger partial charge in [0.05, 0.1) is 10.7 Å². The van der Waals surface area contributed by atoms with E-state index in [1.54, 1.807) is 0 Å². The third-order valence-corrected chi connectivity index (χ3v) is 2.40. The van der Waals surface area contributed by atoms with E-state index < -0.39 is 0 Å². The lowest BCUT2D eigenvalue weighted by Gasteiger charge is -2.06. The average molecular weight is 261 g/mol. The second-order valence-electron chi connectivity index (χ2n) is 2.63. The molecule has 13 heavy (non-hydrogen) atoms. The molecule has 0 bridgehead atoms. The molecule has 0 saturated carbocycles. The lowest BCUT2D eigenvalue weighted by molar-refractivity contribution is 1.07. The van der Waals surface area contributed by atoms with Gasteiger partial charge in [0.15, 0.2) is 0 Å². The highest BCUT2D eigenvalue weighted by Gasteiger charge is 1.98. The van der Waals surface area contributed by atoms with Gasteiger partial charge in [0.2, 0.25) is 0 Å². The quantitative estimate of drug-likeness (QED) is 0.635. The predicted octanol–water partition coefficient (Wildman–Crippen LogP) is 4.09. The third-order valence-electron chi connectivity index (χ3n) is 1.60. The molecule has 0 fully saturated rings. The van der Waals surface area contributed by atoms with Crippen molar-refractivity contribution in [3.8, 4) is 0 Å². The van der Waals surface area contributed by atoms with Gasteiger partial charge in [-0.15, -0.1) is 6.58 Å². The van der Waals surface area contributed by atoms with Crippen LogP contribution in [0, 0.1) is 0 Å². The summed E-state index contributed by atoms with van der Waals surface area (Å²) in [6, 6.07) is 5.79. The number of hydrogen-bond acceptors (Lipinski definition) is 1. The molecule has 0 aliphatic rings. The Kier molecular flexibility index (Phi) is 4.33. The van der Waals surface area contributed by atoms with Gasteiger partial charge in [-0.25, -0.2) is 0 Å². The predicted molar refractivity (Wildman–Crippen MR) is 62.5 cm³/mol. The molecule has 1 N–H and O–H groups in total. The Bertz CT molecular complexity index is 299. The van der Waals surface area contributed by atoms with Gasteiger partial charge in [0, 0.05) is 11.0 Å². The lowest BCUT2D eigenvalue weighted by atomic mass is 10.3. The van der Waals surface area contributed by atoms with Crippen molar-refractivity contribution in [2.75, 3.05) is 11.9 Å². The van der Waals surface area contributed by atoms with E-state index in [-0.39, 0.29) is 0 Å². The first-order valence-corrected chi connectivity index (χ1v) is 5.21. The monoisotopic (exact) mass is 259 g/mol. The van der Waals surface area contributed by atoms with Crippen LogP contribution in [0.4, 0.5) is 5.69 Å². The zero-order valence-electron chi connectivity index (χ0n) is 7.19. The highest BCUT2D eigenvalue weighted by atomic mass is 79.9. The first-order valence-electron chi connectivity index (χ1n) is 4.04. The van der Waals surface area contributed by atoms with E-state index in [1.807, 2.05) is 24.3 Å². The number of rotatable bonds is 4. The molecule has 0 saturated heterocycles. The van der Waals surface area contributed by atoms with Crippen LogP contribution in [-0.4, -0.2) is 6.54 Å². The maximum Gasteiger partial charge on any atom is 0.0648 e. The maximum absolute atomic E-state index is 5.99. The topological polar surface area (TPSA) is 12.0 Å². The normalized spacial score (nSPS) is 9.69. The molecule has 0 amide bonds. The molecule has 70 valence electrons. The number of benzene rings is 1. The van der Waals surface area contributed by atoms with Gasteiger partial charge >= 0.3 is 0 Å². The summed E-state index contributed by atoms with van der Waals surface area (Å²) in [6.45, 7) is 4.51. The van der Waals surface area contributed by atoms with E-state index in [4.69, 9.17) is 11.6 Å². The van der Waals surface area contributed by atoms with Crippen molar-refractivity contribution in [3.63, 3.8) is 0 Å². The zero-order chi connectivity index (χ0) is 9.68. The van der Waals surface area contributed by atoms with Crippen molar-refractivity contribution in [2.24, 2.45) is 0 Å². The number of anilines is 1. The first kappa shape index (κ1) is 10.6. The Morgan fingerprint density at radius 2 is 2.31 bits per heavy atom. The van der Waals surface area contributed by atoms with Gasteiger partial charge in [-0.1, -0.05) is 33.6 Å². The van der Waals surface area contributed by atoms with Gasteiger partial charge in [-0.05, 0) is 24.6 Å². The smallest absolute Gasteiger partial charge is 0.0648 e. The van der Waals surface area contributed by atoms with Crippen LogP contribution in [0.3, 0.4) is 0 Å². The van der Waals surface area contributed by atoms with Crippen LogP contribution in [0.5, 0.6) is 0 Å².